The third kappa shape index (κ3) is 5.85. The Bertz CT molecular complexity index is 459. The number of carbonyl (C=O) groups is 3. The van der Waals surface area contributed by atoms with Gasteiger partial charge in [-0.05, 0) is 12.5 Å². The van der Waals surface area contributed by atoms with E-state index >= 15 is 0 Å². The number of carboxylic acid groups (broad SMARTS) is 1. The molecule has 20 heavy (non-hydrogen) atoms. The minimum Gasteiger partial charge on any atom is -0.480 e. The Morgan fingerprint density at radius 2 is 2.15 bits per heavy atom. The molecular weight excluding hydrogens is 266 g/mol. The first-order chi connectivity index (χ1) is 9.49. The lowest BCUT2D eigenvalue weighted by Gasteiger charge is -2.13. The van der Waals surface area contributed by atoms with Crippen molar-refractivity contribution in [2.45, 2.75) is 25.4 Å². The molecule has 0 radical (unpaired) electrons. The Kier molecular flexibility index (Phi) is 6.01. The largest absolute Gasteiger partial charge is 0.480 e. The number of aryl methyl sites for hydroxylation is 1. The lowest BCUT2D eigenvalue weighted by molar-refractivity contribution is -0.140. The molecule has 5 N–H and O–H groups in total. The fraction of sp³-hybridized carbons (Fsp3) is 0.455. The number of nitrogens with two attached hydrogens (primary N) is 1. The SMILES string of the molecule is NC(=O)C[C@@H](NC(=O)NCCCn1cccn1)C(=O)O. The van der Waals surface area contributed by atoms with E-state index in [-0.39, 0.29) is 0 Å². The lowest BCUT2D eigenvalue weighted by atomic mass is 10.2. The van der Waals surface area contributed by atoms with Gasteiger partial charge in [0, 0.05) is 25.5 Å². The fourth-order valence-electron chi connectivity index (χ4n) is 1.49. The monoisotopic (exact) mass is 283 g/mol. The van der Waals surface area contributed by atoms with Gasteiger partial charge in [0.2, 0.25) is 5.91 Å². The van der Waals surface area contributed by atoms with Crippen molar-refractivity contribution in [3.05, 3.63) is 18.5 Å². The van der Waals surface area contributed by atoms with Gasteiger partial charge in [0.25, 0.3) is 0 Å². The fourth-order valence-corrected chi connectivity index (χ4v) is 1.49. The van der Waals surface area contributed by atoms with Gasteiger partial charge in [0.05, 0.1) is 6.42 Å². The number of carbonyl (C=O) groups excluding carboxylic acids is 2. The van der Waals surface area contributed by atoms with Gasteiger partial charge in [-0.3, -0.25) is 9.48 Å². The number of aromatic nitrogens is 2. The number of hydrogen-bond acceptors (Lipinski definition) is 4. The summed E-state index contributed by atoms with van der Waals surface area (Å²) >= 11 is 0. The normalized spacial score (nSPS) is 11.6. The summed E-state index contributed by atoms with van der Waals surface area (Å²) < 4.78 is 1.72. The molecule has 1 rings (SSSR count). The lowest BCUT2D eigenvalue weighted by Crippen LogP contribution is -2.47. The number of hydrogen-bond donors (Lipinski definition) is 4. The van der Waals surface area contributed by atoms with E-state index in [2.05, 4.69) is 15.7 Å². The van der Waals surface area contributed by atoms with Crippen molar-refractivity contribution in [2.24, 2.45) is 5.73 Å². The molecule has 0 unspecified atom stereocenters. The maximum Gasteiger partial charge on any atom is 0.326 e. The van der Waals surface area contributed by atoms with E-state index in [9.17, 15) is 14.4 Å². The summed E-state index contributed by atoms with van der Waals surface area (Å²) in [6.45, 7) is 0.992. The summed E-state index contributed by atoms with van der Waals surface area (Å²) in [5.74, 6) is -2.10. The van der Waals surface area contributed by atoms with Crippen LogP contribution in [0.15, 0.2) is 18.5 Å². The highest BCUT2D eigenvalue weighted by Gasteiger charge is 2.21. The van der Waals surface area contributed by atoms with Gasteiger partial charge >= 0.3 is 12.0 Å². The van der Waals surface area contributed by atoms with Gasteiger partial charge in [-0.25, -0.2) is 9.59 Å². The van der Waals surface area contributed by atoms with Crippen LogP contribution in [0.3, 0.4) is 0 Å². The van der Waals surface area contributed by atoms with Gasteiger partial charge in [0.15, 0.2) is 0 Å². The predicted octanol–water partition coefficient (Wildman–Crippen LogP) is -1.10. The molecule has 0 saturated carbocycles. The zero-order valence-corrected chi connectivity index (χ0v) is 10.8. The molecule has 3 amide bonds. The number of amides is 3. The van der Waals surface area contributed by atoms with Crippen LogP contribution < -0.4 is 16.4 Å². The van der Waals surface area contributed by atoms with Crippen molar-refractivity contribution >= 4 is 17.9 Å². The van der Waals surface area contributed by atoms with Crippen LogP contribution in [0.2, 0.25) is 0 Å². The number of carboxylic acids is 1. The smallest absolute Gasteiger partial charge is 0.326 e. The molecule has 1 aromatic heterocycles. The molecule has 1 heterocycles. The van der Waals surface area contributed by atoms with Crippen molar-refractivity contribution in [2.75, 3.05) is 6.54 Å². The van der Waals surface area contributed by atoms with Crippen molar-refractivity contribution in [3.63, 3.8) is 0 Å². The second-order valence-corrected chi connectivity index (χ2v) is 4.08. The second kappa shape index (κ2) is 7.77. The molecule has 1 aromatic rings. The minimum atomic E-state index is -1.32. The molecule has 110 valence electrons. The molecule has 0 aromatic carbocycles. The van der Waals surface area contributed by atoms with Crippen LogP contribution in [-0.2, 0) is 16.1 Å². The summed E-state index contributed by atoms with van der Waals surface area (Å²) in [5.41, 5.74) is 4.90. The Hall–Kier alpha value is -2.58. The molecule has 0 aliphatic carbocycles. The summed E-state index contributed by atoms with van der Waals surface area (Å²) in [4.78, 5) is 32.9. The van der Waals surface area contributed by atoms with Crippen molar-refractivity contribution in [3.8, 4) is 0 Å². The van der Waals surface area contributed by atoms with Gasteiger partial charge in [-0.2, -0.15) is 5.10 Å². The first-order valence-corrected chi connectivity index (χ1v) is 6.02. The third-order valence-corrected chi connectivity index (χ3v) is 2.42. The van der Waals surface area contributed by atoms with Gasteiger partial charge < -0.3 is 21.5 Å². The van der Waals surface area contributed by atoms with Crippen LogP contribution in [0.25, 0.3) is 0 Å². The van der Waals surface area contributed by atoms with E-state index in [0.29, 0.717) is 19.5 Å². The highest BCUT2D eigenvalue weighted by Crippen LogP contribution is 1.92. The summed E-state index contributed by atoms with van der Waals surface area (Å²) in [6.07, 6.45) is 3.65. The zero-order chi connectivity index (χ0) is 15.0. The summed E-state index contributed by atoms with van der Waals surface area (Å²) in [5, 5.41) is 17.5. The third-order valence-electron chi connectivity index (χ3n) is 2.42. The van der Waals surface area contributed by atoms with Crippen LogP contribution in [0.5, 0.6) is 0 Å². The van der Waals surface area contributed by atoms with E-state index in [1.807, 2.05) is 0 Å². The molecule has 0 aliphatic heterocycles. The Morgan fingerprint density at radius 1 is 1.40 bits per heavy atom. The van der Waals surface area contributed by atoms with E-state index in [1.54, 1.807) is 23.1 Å². The van der Waals surface area contributed by atoms with E-state index in [0.717, 1.165) is 0 Å². The number of primary amides is 1. The van der Waals surface area contributed by atoms with Gasteiger partial charge in [-0.15, -0.1) is 0 Å². The number of urea groups is 1. The first kappa shape index (κ1) is 15.5. The second-order valence-electron chi connectivity index (χ2n) is 4.08. The molecule has 1 atom stereocenters. The Morgan fingerprint density at radius 3 is 2.70 bits per heavy atom. The molecule has 9 nitrogen and oxygen atoms in total. The van der Waals surface area contributed by atoms with Crippen molar-refractivity contribution in [1.82, 2.24) is 20.4 Å². The van der Waals surface area contributed by atoms with Gasteiger partial charge in [0.1, 0.15) is 6.04 Å². The minimum absolute atomic E-state index is 0.356. The average Bonchev–Trinajstić information content (AvgIpc) is 2.86. The topological polar surface area (TPSA) is 139 Å². The Balaban J connectivity index is 2.24. The first-order valence-electron chi connectivity index (χ1n) is 6.02. The van der Waals surface area contributed by atoms with E-state index in [1.165, 1.54) is 0 Å². The van der Waals surface area contributed by atoms with E-state index < -0.39 is 30.4 Å². The molecule has 0 bridgehead atoms. The quantitative estimate of drug-likeness (QED) is 0.448. The molecule has 0 saturated heterocycles. The van der Waals surface area contributed by atoms with Gasteiger partial charge in [-0.1, -0.05) is 0 Å². The Labute approximate surface area is 115 Å². The highest BCUT2D eigenvalue weighted by atomic mass is 16.4. The zero-order valence-electron chi connectivity index (χ0n) is 10.8. The van der Waals surface area contributed by atoms with Crippen LogP contribution >= 0.6 is 0 Å². The number of nitrogens with zero attached hydrogens (tertiary/aromatic N) is 2. The predicted molar refractivity (Wildman–Crippen MR) is 68.6 cm³/mol. The number of nitrogens with one attached hydrogen (secondary N) is 2. The maximum absolute atomic E-state index is 11.4. The van der Waals surface area contributed by atoms with Crippen LogP contribution in [0.4, 0.5) is 4.79 Å². The van der Waals surface area contributed by atoms with Crippen molar-refractivity contribution < 1.29 is 19.5 Å². The number of rotatable bonds is 8. The summed E-state index contributed by atoms with van der Waals surface area (Å²) in [6, 6.07) is -0.181. The van der Waals surface area contributed by atoms with Crippen LogP contribution in [0.1, 0.15) is 12.8 Å². The molecular formula is C11H17N5O4. The highest BCUT2D eigenvalue weighted by molar-refractivity contribution is 5.87. The van der Waals surface area contributed by atoms with E-state index in [4.69, 9.17) is 10.8 Å². The average molecular weight is 283 g/mol. The molecule has 0 spiro atoms. The van der Waals surface area contributed by atoms with Crippen molar-refractivity contribution in [1.29, 1.82) is 0 Å². The number of aliphatic carboxylic acids is 1. The molecule has 0 fully saturated rings. The standard InChI is InChI=1S/C11H17N5O4/c12-9(17)7-8(10(18)19)15-11(20)13-3-1-5-16-6-2-4-14-16/h2,4,6,8H,1,3,5,7H2,(H2,12,17)(H,18,19)(H2,13,15,20)/t8-/m1/s1. The molecule has 9 heteroatoms. The van der Waals surface area contributed by atoms with Crippen LogP contribution in [-0.4, -0.2) is 45.4 Å². The molecule has 0 aliphatic rings. The maximum atomic E-state index is 11.4. The van der Waals surface area contributed by atoms with Crippen LogP contribution in [0, 0.1) is 0 Å². The summed E-state index contributed by atoms with van der Waals surface area (Å²) in [7, 11) is 0.